The molecule has 0 spiro atoms. The van der Waals surface area contributed by atoms with Crippen molar-refractivity contribution in [3.05, 3.63) is 71.8 Å². The van der Waals surface area contributed by atoms with Crippen LogP contribution in [0.4, 0.5) is 0 Å². The third-order valence-corrected chi connectivity index (χ3v) is 3.39. The van der Waals surface area contributed by atoms with Crippen LogP contribution in [0, 0.1) is 11.8 Å². The van der Waals surface area contributed by atoms with Crippen LogP contribution in [0.15, 0.2) is 60.7 Å². The molecule has 0 atom stereocenters. The zero-order chi connectivity index (χ0) is 19.4. The van der Waals surface area contributed by atoms with E-state index in [1.807, 2.05) is 88.4 Å². The van der Waals surface area contributed by atoms with Gasteiger partial charge in [-0.3, -0.25) is 9.59 Å². The molecular weight excluding hydrogens is 328 g/mol. The molecule has 0 aliphatic rings. The molecule has 0 aliphatic carbocycles. The van der Waals surface area contributed by atoms with Crippen molar-refractivity contribution in [1.29, 1.82) is 0 Å². The predicted octanol–water partition coefficient (Wildman–Crippen LogP) is 4.77. The molecule has 0 aromatic heterocycles. The van der Waals surface area contributed by atoms with Crippen molar-refractivity contribution in [2.45, 2.75) is 40.9 Å². The molecule has 26 heavy (non-hydrogen) atoms. The summed E-state index contributed by atoms with van der Waals surface area (Å²) < 4.78 is 10.1. The van der Waals surface area contributed by atoms with Crippen LogP contribution < -0.4 is 0 Å². The summed E-state index contributed by atoms with van der Waals surface area (Å²) in [6, 6.07) is 19.3. The summed E-state index contributed by atoms with van der Waals surface area (Å²) in [5.41, 5.74) is 2.05. The smallest absolute Gasteiger partial charge is 0.308 e. The zero-order valence-corrected chi connectivity index (χ0v) is 16.0. The highest BCUT2D eigenvalue weighted by Crippen LogP contribution is 2.04. The third kappa shape index (κ3) is 9.02. The van der Waals surface area contributed by atoms with Gasteiger partial charge in [-0.25, -0.2) is 0 Å². The molecule has 2 rings (SSSR count). The minimum absolute atomic E-state index is 0.0521. The predicted molar refractivity (Wildman–Crippen MR) is 102 cm³/mol. The van der Waals surface area contributed by atoms with E-state index in [4.69, 9.17) is 9.47 Å². The third-order valence-electron chi connectivity index (χ3n) is 3.39. The summed E-state index contributed by atoms with van der Waals surface area (Å²) in [6.45, 7) is 8.05. The molecule has 0 saturated heterocycles. The number of hydrogen-bond donors (Lipinski definition) is 0. The zero-order valence-electron chi connectivity index (χ0n) is 16.0. The summed E-state index contributed by atoms with van der Waals surface area (Å²) in [6.07, 6.45) is 0. The Bertz CT molecular complexity index is 589. The number of rotatable bonds is 6. The maximum Gasteiger partial charge on any atom is 0.308 e. The van der Waals surface area contributed by atoms with E-state index in [2.05, 4.69) is 0 Å². The van der Waals surface area contributed by atoms with E-state index >= 15 is 0 Å². The SMILES string of the molecule is CC(C)C(=O)OCc1ccccc1.CC(C)C(=O)OCc1ccccc1. The summed E-state index contributed by atoms with van der Waals surface area (Å²) in [5.74, 6) is -0.403. The Labute approximate surface area is 156 Å². The minimum Gasteiger partial charge on any atom is -0.461 e. The fourth-order valence-corrected chi connectivity index (χ4v) is 1.79. The maximum absolute atomic E-state index is 11.1. The average molecular weight is 356 g/mol. The van der Waals surface area contributed by atoms with Gasteiger partial charge in [0.05, 0.1) is 11.8 Å². The Morgan fingerprint density at radius 2 is 0.962 bits per heavy atom. The number of carbonyl (C=O) groups excluding carboxylic acids is 2. The van der Waals surface area contributed by atoms with Crippen LogP contribution in [0.5, 0.6) is 0 Å². The minimum atomic E-state index is -0.149. The van der Waals surface area contributed by atoms with Crippen LogP contribution in [0.25, 0.3) is 0 Å². The molecule has 0 radical (unpaired) electrons. The first kappa shape index (κ1) is 21.4. The number of hydrogen-bond acceptors (Lipinski definition) is 4. The van der Waals surface area contributed by atoms with Crippen LogP contribution in [0.1, 0.15) is 38.8 Å². The summed E-state index contributed by atoms with van der Waals surface area (Å²) in [4.78, 5) is 22.2. The van der Waals surface area contributed by atoms with Crippen molar-refractivity contribution in [2.75, 3.05) is 0 Å². The molecule has 0 aliphatic heterocycles. The van der Waals surface area contributed by atoms with Gasteiger partial charge in [0.2, 0.25) is 0 Å². The number of benzene rings is 2. The first-order valence-electron chi connectivity index (χ1n) is 8.81. The summed E-state index contributed by atoms with van der Waals surface area (Å²) in [5, 5.41) is 0. The Kier molecular flexibility index (Phi) is 9.77. The standard InChI is InChI=1S/2C11H14O2/c2*1-9(2)11(12)13-8-10-6-4-3-5-7-10/h2*3-7,9H,8H2,1-2H3. The summed E-state index contributed by atoms with van der Waals surface area (Å²) in [7, 11) is 0. The lowest BCUT2D eigenvalue weighted by atomic mass is 10.2. The van der Waals surface area contributed by atoms with Gasteiger partial charge >= 0.3 is 11.9 Å². The van der Waals surface area contributed by atoms with Crippen molar-refractivity contribution in [3.63, 3.8) is 0 Å². The van der Waals surface area contributed by atoms with Gasteiger partial charge in [-0.15, -0.1) is 0 Å². The largest absolute Gasteiger partial charge is 0.461 e. The van der Waals surface area contributed by atoms with Crippen LogP contribution in [0.3, 0.4) is 0 Å². The van der Waals surface area contributed by atoms with Gasteiger partial charge in [0.15, 0.2) is 0 Å². The Morgan fingerprint density at radius 3 is 1.23 bits per heavy atom. The normalized spacial score (nSPS) is 10.1. The molecule has 0 saturated carbocycles. The van der Waals surface area contributed by atoms with Crippen LogP contribution in [-0.4, -0.2) is 11.9 Å². The fraction of sp³-hybridized carbons (Fsp3) is 0.364. The molecule has 0 heterocycles. The van der Waals surface area contributed by atoms with E-state index in [-0.39, 0.29) is 23.8 Å². The monoisotopic (exact) mass is 356 g/mol. The molecule has 4 heteroatoms. The van der Waals surface area contributed by atoms with Gasteiger partial charge in [0.25, 0.3) is 0 Å². The lowest BCUT2D eigenvalue weighted by Crippen LogP contribution is -2.11. The molecule has 0 bridgehead atoms. The molecular formula is C22H28O4. The molecule has 0 amide bonds. The van der Waals surface area contributed by atoms with E-state index in [1.54, 1.807) is 0 Å². The van der Waals surface area contributed by atoms with Gasteiger partial charge < -0.3 is 9.47 Å². The molecule has 0 N–H and O–H groups in total. The van der Waals surface area contributed by atoms with Gasteiger partial charge in [0, 0.05) is 0 Å². The van der Waals surface area contributed by atoms with E-state index in [0.717, 1.165) is 11.1 Å². The Morgan fingerprint density at radius 1 is 0.654 bits per heavy atom. The average Bonchev–Trinajstić information content (AvgIpc) is 2.66. The van der Waals surface area contributed by atoms with Gasteiger partial charge in [-0.1, -0.05) is 88.4 Å². The molecule has 140 valence electrons. The van der Waals surface area contributed by atoms with Gasteiger partial charge in [-0.05, 0) is 11.1 Å². The lowest BCUT2D eigenvalue weighted by Gasteiger charge is -2.06. The second-order valence-electron chi connectivity index (χ2n) is 6.50. The number of esters is 2. The summed E-state index contributed by atoms with van der Waals surface area (Å²) >= 11 is 0. The highest BCUT2D eigenvalue weighted by molar-refractivity contribution is 5.71. The highest BCUT2D eigenvalue weighted by atomic mass is 16.5. The van der Waals surface area contributed by atoms with E-state index in [9.17, 15) is 9.59 Å². The van der Waals surface area contributed by atoms with Crippen LogP contribution >= 0.6 is 0 Å². The first-order chi connectivity index (χ1) is 12.4. The fourth-order valence-electron chi connectivity index (χ4n) is 1.79. The Balaban J connectivity index is 0.000000260. The molecule has 2 aromatic carbocycles. The highest BCUT2D eigenvalue weighted by Gasteiger charge is 2.08. The van der Waals surface area contributed by atoms with Crippen molar-refractivity contribution in [3.8, 4) is 0 Å². The lowest BCUT2D eigenvalue weighted by molar-refractivity contribution is -0.149. The van der Waals surface area contributed by atoms with Crippen LogP contribution in [0.2, 0.25) is 0 Å². The number of ether oxygens (including phenoxy) is 2. The van der Waals surface area contributed by atoms with Crippen molar-refractivity contribution in [2.24, 2.45) is 11.8 Å². The first-order valence-corrected chi connectivity index (χ1v) is 8.81. The van der Waals surface area contributed by atoms with Gasteiger partial charge in [-0.2, -0.15) is 0 Å². The Hall–Kier alpha value is -2.62. The van der Waals surface area contributed by atoms with Crippen molar-refractivity contribution in [1.82, 2.24) is 0 Å². The second-order valence-corrected chi connectivity index (χ2v) is 6.50. The second kappa shape index (κ2) is 11.9. The molecule has 0 fully saturated rings. The number of carbonyl (C=O) groups is 2. The molecule has 2 aromatic rings. The molecule has 0 unspecified atom stereocenters. The maximum atomic E-state index is 11.1. The van der Waals surface area contributed by atoms with Crippen molar-refractivity contribution < 1.29 is 19.1 Å². The topological polar surface area (TPSA) is 52.6 Å². The van der Waals surface area contributed by atoms with E-state index in [0.29, 0.717) is 13.2 Å². The van der Waals surface area contributed by atoms with Crippen molar-refractivity contribution >= 4 is 11.9 Å². The van der Waals surface area contributed by atoms with Gasteiger partial charge in [0.1, 0.15) is 13.2 Å². The molecule has 4 nitrogen and oxygen atoms in total. The van der Waals surface area contributed by atoms with E-state index in [1.165, 1.54) is 0 Å². The van der Waals surface area contributed by atoms with Crippen LogP contribution in [-0.2, 0) is 32.3 Å². The quantitative estimate of drug-likeness (QED) is 0.700. The van der Waals surface area contributed by atoms with E-state index < -0.39 is 0 Å².